The maximum Gasteiger partial charge on any atom is 0.235 e. The number of nitrogens with zero attached hydrogens (tertiary/aromatic N) is 3. The molecule has 1 aromatic heterocycles. The van der Waals surface area contributed by atoms with Gasteiger partial charge >= 0.3 is 0 Å². The predicted octanol–water partition coefficient (Wildman–Crippen LogP) is 4.64. The molecule has 146 valence electrons. The second-order valence-corrected chi connectivity index (χ2v) is 8.80. The van der Waals surface area contributed by atoms with E-state index in [0.717, 1.165) is 37.6 Å². The molecule has 1 aliphatic heterocycles. The van der Waals surface area contributed by atoms with Crippen molar-refractivity contribution < 1.29 is 4.79 Å². The third-order valence-corrected chi connectivity index (χ3v) is 6.20. The minimum Gasteiger partial charge on any atom is -0.357 e. The standard InChI is InChI=1S/C21H19N5OS2/c1-13-19(15-8-4-3-5-9-15)20(23-17-11-7-6-10-16(17)22-13)24-18(27)12-28-21-26-25-14(2)29-21/h3-11,22H,12H2,1-2H3,(H,23,24,27). The van der Waals surface area contributed by atoms with Gasteiger partial charge in [0, 0.05) is 11.3 Å². The zero-order valence-electron chi connectivity index (χ0n) is 16.0. The number of rotatable bonds is 4. The molecule has 4 rings (SSSR count). The van der Waals surface area contributed by atoms with Crippen LogP contribution in [0.4, 0.5) is 11.4 Å². The third kappa shape index (κ3) is 4.55. The van der Waals surface area contributed by atoms with Crippen LogP contribution in [-0.4, -0.2) is 27.7 Å². The number of aliphatic imine (C=N–C) groups is 1. The first kappa shape index (κ1) is 19.4. The number of carbonyl (C=O) groups is 1. The Morgan fingerprint density at radius 1 is 1.07 bits per heavy atom. The number of amides is 1. The van der Waals surface area contributed by atoms with Crippen molar-refractivity contribution in [1.82, 2.24) is 15.5 Å². The van der Waals surface area contributed by atoms with Crippen molar-refractivity contribution in [2.75, 3.05) is 11.1 Å². The predicted molar refractivity (Wildman–Crippen MR) is 120 cm³/mol. The Morgan fingerprint density at radius 3 is 2.59 bits per heavy atom. The summed E-state index contributed by atoms with van der Waals surface area (Å²) in [6.07, 6.45) is 0. The quantitative estimate of drug-likeness (QED) is 0.600. The maximum atomic E-state index is 12.7. The highest BCUT2D eigenvalue weighted by atomic mass is 32.2. The van der Waals surface area contributed by atoms with Crippen molar-refractivity contribution in [3.63, 3.8) is 0 Å². The van der Waals surface area contributed by atoms with Gasteiger partial charge in [0.25, 0.3) is 0 Å². The second kappa shape index (κ2) is 8.59. The van der Waals surface area contributed by atoms with Gasteiger partial charge in [-0.3, -0.25) is 4.79 Å². The zero-order valence-corrected chi connectivity index (χ0v) is 17.6. The van der Waals surface area contributed by atoms with Gasteiger partial charge in [-0.25, -0.2) is 4.99 Å². The van der Waals surface area contributed by atoms with E-state index in [1.165, 1.54) is 23.1 Å². The molecule has 0 spiro atoms. The highest BCUT2D eigenvalue weighted by Gasteiger charge is 2.20. The molecule has 0 aliphatic carbocycles. The summed E-state index contributed by atoms with van der Waals surface area (Å²) in [5.74, 6) is 0.636. The van der Waals surface area contributed by atoms with Crippen LogP contribution in [0.25, 0.3) is 5.57 Å². The van der Waals surface area contributed by atoms with Crippen LogP contribution in [-0.2, 0) is 4.79 Å². The number of anilines is 1. The summed E-state index contributed by atoms with van der Waals surface area (Å²) < 4.78 is 0.780. The van der Waals surface area contributed by atoms with E-state index >= 15 is 0 Å². The number of aryl methyl sites for hydroxylation is 1. The zero-order chi connectivity index (χ0) is 20.2. The lowest BCUT2D eigenvalue weighted by Gasteiger charge is -2.14. The van der Waals surface area contributed by atoms with E-state index in [1.54, 1.807) is 0 Å². The lowest BCUT2D eigenvalue weighted by Crippen LogP contribution is -2.33. The number of allylic oxidation sites excluding steroid dienone is 1. The van der Waals surface area contributed by atoms with E-state index in [-0.39, 0.29) is 11.7 Å². The first-order valence-corrected chi connectivity index (χ1v) is 10.8. The van der Waals surface area contributed by atoms with Crippen molar-refractivity contribution in [3.8, 4) is 0 Å². The summed E-state index contributed by atoms with van der Waals surface area (Å²) >= 11 is 2.85. The number of carbonyl (C=O) groups excluding carboxylic acids is 1. The molecule has 0 saturated heterocycles. The van der Waals surface area contributed by atoms with Gasteiger partial charge in [-0.1, -0.05) is 65.6 Å². The van der Waals surface area contributed by atoms with Gasteiger partial charge in [0.15, 0.2) is 4.34 Å². The monoisotopic (exact) mass is 421 g/mol. The molecule has 2 heterocycles. The second-order valence-electron chi connectivity index (χ2n) is 6.39. The van der Waals surface area contributed by atoms with Crippen molar-refractivity contribution in [3.05, 3.63) is 70.9 Å². The Hall–Kier alpha value is -2.97. The molecule has 29 heavy (non-hydrogen) atoms. The van der Waals surface area contributed by atoms with Gasteiger partial charge in [-0.05, 0) is 31.5 Å². The minimum atomic E-state index is -0.137. The first-order chi connectivity index (χ1) is 14.1. The van der Waals surface area contributed by atoms with Gasteiger partial charge in [-0.15, -0.1) is 10.2 Å². The van der Waals surface area contributed by atoms with E-state index in [9.17, 15) is 4.79 Å². The molecule has 0 atom stereocenters. The summed E-state index contributed by atoms with van der Waals surface area (Å²) in [6, 6.07) is 17.7. The summed E-state index contributed by atoms with van der Waals surface area (Å²) in [7, 11) is 0. The molecular weight excluding hydrogens is 402 g/mol. The van der Waals surface area contributed by atoms with Crippen molar-refractivity contribution in [1.29, 1.82) is 0 Å². The summed E-state index contributed by atoms with van der Waals surface area (Å²) in [5, 5.41) is 15.4. The molecule has 0 saturated carbocycles. The van der Waals surface area contributed by atoms with Crippen molar-refractivity contribution in [2.45, 2.75) is 18.2 Å². The molecule has 8 heteroatoms. The molecular formula is C21H19N5OS2. The average Bonchev–Trinajstić information content (AvgIpc) is 3.08. The summed E-state index contributed by atoms with van der Waals surface area (Å²) in [5.41, 5.74) is 4.46. The number of fused-ring (bicyclic) bond motifs is 1. The fourth-order valence-corrected chi connectivity index (χ4v) is 4.59. The van der Waals surface area contributed by atoms with Crippen LogP contribution >= 0.6 is 23.1 Å². The largest absolute Gasteiger partial charge is 0.357 e. The van der Waals surface area contributed by atoms with E-state index in [0.29, 0.717) is 5.84 Å². The van der Waals surface area contributed by atoms with E-state index in [1.807, 2.05) is 68.4 Å². The number of hydrogen-bond acceptors (Lipinski definition) is 7. The highest BCUT2D eigenvalue weighted by molar-refractivity contribution is 8.01. The Balaban J connectivity index is 1.64. The molecule has 2 N–H and O–H groups in total. The summed E-state index contributed by atoms with van der Waals surface area (Å²) in [4.78, 5) is 17.5. The van der Waals surface area contributed by atoms with Gasteiger partial charge in [-0.2, -0.15) is 0 Å². The SMILES string of the molecule is CC1=C(c2ccccc2)C(NC(=O)CSc2nnc(C)s2)=Nc2ccccc2N1. The fourth-order valence-electron chi connectivity index (χ4n) is 2.98. The number of hydrogen-bond donors (Lipinski definition) is 2. The van der Waals surface area contributed by atoms with Crippen LogP contribution in [0.5, 0.6) is 0 Å². The number of para-hydroxylation sites is 2. The molecule has 1 aliphatic rings. The number of aromatic nitrogens is 2. The van der Waals surface area contributed by atoms with Crippen LogP contribution < -0.4 is 10.6 Å². The number of benzene rings is 2. The topological polar surface area (TPSA) is 79.3 Å². The van der Waals surface area contributed by atoms with Crippen LogP contribution in [0.3, 0.4) is 0 Å². The number of thioether (sulfide) groups is 1. The Morgan fingerprint density at radius 2 is 1.83 bits per heavy atom. The lowest BCUT2D eigenvalue weighted by molar-refractivity contribution is -0.117. The lowest BCUT2D eigenvalue weighted by atomic mass is 10.0. The molecule has 2 aromatic carbocycles. The number of nitrogens with one attached hydrogen (secondary N) is 2. The van der Waals surface area contributed by atoms with Crippen molar-refractivity contribution >= 4 is 51.8 Å². The third-order valence-electron chi connectivity index (χ3n) is 4.22. The van der Waals surface area contributed by atoms with Gasteiger partial charge in [0.05, 0.1) is 17.1 Å². The molecule has 1 amide bonds. The van der Waals surface area contributed by atoms with Crippen LogP contribution in [0, 0.1) is 6.92 Å². The fraction of sp³-hybridized carbons (Fsp3) is 0.143. The summed E-state index contributed by atoms with van der Waals surface area (Å²) in [6.45, 7) is 3.89. The normalized spacial score (nSPS) is 13.2. The Bertz CT molecular complexity index is 1110. The average molecular weight is 422 g/mol. The minimum absolute atomic E-state index is 0.137. The Labute approximate surface area is 177 Å². The molecule has 0 bridgehead atoms. The van der Waals surface area contributed by atoms with Gasteiger partial charge in [0.1, 0.15) is 10.8 Å². The molecule has 0 unspecified atom stereocenters. The van der Waals surface area contributed by atoms with E-state index in [2.05, 4.69) is 20.8 Å². The Kier molecular flexibility index (Phi) is 5.73. The molecule has 3 aromatic rings. The smallest absolute Gasteiger partial charge is 0.235 e. The van der Waals surface area contributed by atoms with Gasteiger partial charge in [0.2, 0.25) is 5.91 Å². The maximum absolute atomic E-state index is 12.7. The van der Waals surface area contributed by atoms with Crippen LogP contribution in [0.1, 0.15) is 17.5 Å². The van der Waals surface area contributed by atoms with E-state index in [4.69, 9.17) is 4.99 Å². The molecule has 0 radical (unpaired) electrons. The van der Waals surface area contributed by atoms with Crippen LogP contribution in [0.15, 0.2) is 69.6 Å². The van der Waals surface area contributed by atoms with Gasteiger partial charge < -0.3 is 10.6 Å². The first-order valence-electron chi connectivity index (χ1n) is 9.04. The number of amidine groups is 1. The molecule has 6 nitrogen and oxygen atoms in total. The molecule has 0 fully saturated rings. The van der Waals surface area contributed by atoms with E-state index < -0.39 is 0 Å². The highest BCUT2D eigenvalue weighted by Crippen LogP contribution is 2.33. The van der Waals surface area contributed by atoms with Crippen molar-refractivity contribution in [2.24, 2.45) is 4.99 Å². The van der Waals surface area contributed by atoms with Crippen LogP contribution in [0.2, 0.25) is 0 Å².